The van der Waals surface area contributed by atoms with Crippen LogP contribution in [0.25, 0.3) is 0 Å². The summed E-state index contributed by atoms with van der Waals surface area (Å²) in [7, 11) is 0. The molecule has 0 aliphatic rings. The van der Waals surface area contributed by atoms with E-state index in [0.717, 1.165) is 6.08 Å². The summed E-state index contributed by atoms with van der Waals surface area (Å²) >= 11 is 0. The molecular formula is C13H20N2O4. The Morgan fingerprint density at radius 2 is 1.95 bits per heavy atom. The molecule has 0 aromatic carbocycles. The van der Waals surface area contributed by atoms with Crippen molar-refractivity contribution in [2.45, 2.75) is 13.8 Å². The van der Waals surface area contributed by atoms with Crippen molar-refractivity contribution < 1.29 is 19.4 Å². The van der Waals surface area contributed by atoms with E-state index in [9.17, 15) is 9.59 Å². The van der Waals surface area contributed by atoms with Crippen LogP contribution in [0.1, 0.15) is 13.8 Å². The van der Waals surface area contributed by atoms with Gasteiger partial charge in [0.1, 0.15) is 6.73 Å². The lowest BCUT2D eigenvalue weighted by Crippen LogP contribution is -2.24. The fraction of sp³-hybridized carbons (Fsp3) is 0.308. The molecule has 0 unspecified atom stereocenters. The van der Waals surface area contributed by atoms with E-state index in [4.69, 9.17) is 10.4 Å². The zero-order chi connectivity index (χ0) is 15.7. The van der Waals surface area contributed by atoms with Crippen molar-refractivity contribution in [3.05, 3.63) is 37.5 Å². The van der Waals surface area contributed by atoms with E-state index in [1.807, 2.05) is 0 Å². The van der Waals surface area contributed by atoms with Crippen LogP contribution < -0.4 is 5.32 Å². The third-order valence-electron chi connectivity index (χ3n) is 1.17. The molecule has 0 aromatic rings. The fourth-order valence-corrected chi connectivity index (χ4v) is 0.424. The molecule has 0 atom stereocenters. The second kappa shape index (κ2) is 18.0. The molecule has 0 spiro atoms. The number of allylic oxidation sites excluding steroid dienone is 1. The average Bonchev–Trinajstić information content (AvgIpc) is 2.40. The van der Waals surface area contributed by atoms with Gasteiger partial charge in [-0.2, -0.15) is 5.26 Å². The van der Waals surface area contributed by atoms with Gasteiger partial charge in [-0.25, -0.2) is 4.79 Å². The van der Waals surface area contributed by atoms with Crippen molar-refractivity contribution in [1.29, 1.82) is 5.26 Å². The Bertz CT molecular complexity index is 343. The molecule has 0 aromatic heterocycles. The molecule has 0 fully saturated rings. The molecule has 0 heterocycles. The Kier molecular flexibility index (Phi) is 20.7. The van der Waals surface area contributed by atoms with E-state index in [-0.39, 0.29) is 18.6 Å². The molecule has 19 heavy (non-hydrogen) atoms. The summed E-state index contributed by atoms with van der Waals surface area (Å²) in [5, 5.41) is 17.8. The van der Waals surface area contributed by atoms with Gasteiger partial charge < -0.3 is 15.2 Å². The second-order valence-electron chi connectivity index (χ2n) is 2.73. The lowest BCUT2D eigenvalue weighted by atomic mass is 10.3. The normalized spacial score (nSPS) is 7.05. The topological polar surface area (TPSA) is 99.4 Å². The van der Waals surface area contributed by atoms with Crippen LogP contribution in [0.5, 0.6) is 0 Å². The summed E-state index contributed by atoms with van der Waals surface area (Å²) in [4.78, 5) is 20.4. The highest BCUT2D eigenvalue weighted by Gasteiger charge is 1.95. The van der Waals surface area contributed by atoms with Crippen molar-refractivity contribution in [2.24, 2.45) is 0 Å². The van der Waals surface area contributed by atoms with E-state index in [1.54, 1.807) is 19.9 Å². The minimum atomic E-state index is -0.359. The lowest BCUT2D eigenvalue weighted by molar-refractivity contribution is -0.137. The summed E-state index contributed by atoms with van der Waals surface area (Å²) in [5.74, 6) is -0.671. The number of nitriles is 1. The van der Waals surface area contributed by atoms with Crippen LogP contribution in [-0.2, 0) is 14.3 Å². The molecule has 0 aliphatic heterocycles. The van der Waals surface area contributed by atoms with Gasteiger partial charge in [0.15, 0.2) is 0 Å². The largest absolute Gasteiger partial charge is 0.463 e. The Morgan fingerprint density at radius 1 is 1.47 bits per heavy atom. The van der Waals surface area contributed by atoms with Crippen molar-refractivity contribution in [3.8, 4) is 6.07 Å². The predicted molar refractivity (Wildman–Crippen MR) is 72.7 cm³/mol. The Hall–Kier alpha value is -2.39. The number of amides is 1. The van der Waals surface area contributed by atoms with Gasteiger partial charge in [-0.05, 0) is 13.8 Å². The minimum Gasteiger partial charge on any atom is -0.463 e. The van der Waals surface area contributed by atoms with Crippen LogP contribution in [0.15, 0.2) is 37.5 Å². The first-order valence-corrected chi connectivity index (χ1v) is 5.25. The monoisotopic (exact) mass is 268 g/mol. The fourth-order valence-electron chi connectivity index (χ4n) is 0.424. The molecule has 0 radical (unpaired) electrons. The molecular weight excluding hydrogens is 248 g/mol. The smallest absolute Gasteiger partial charge is 0.330 e. The van der Waals surface area contributed by atoms with Crippen LogP contribution >= 0.6 is 0 Å². The maximum Gasteiger partial charge on any atom is 0.330 e. The number of aliphatic hydroxyl groups excluding tert-OH is 1. The highest BCUT2D eigenvalue weighted by molar-refractivity contribution is 5.91. The molecule has 6 heteroatoms. The molecule has 0 saturated carbocycles. The maximum atomic E-state index is 10.4. The second-order valence-corrected chi connectivity index (χ2v) is 2.73. The first kappa shape index (κ1) is 21.9. The van der Waals surface area contributed by atoms with Crippen LogP contribution in [0.2, 0.25) is 0 Å². The first-order chi connectivity index (χ1) is 8.90. The molecule has 2 N–H and O–H groups in total. The van der Waals surface area contributed by atoms with Gasteiger partial charge in [0.05, 0.1) is 12.7 Å². The zero-order valence-electron chi connectivity index (χ0n) is 11.3. The minimum absolute atomic E-state index is 0.312. The number of nitrogens with one attached hydrogen (secondary N) is 1. The van der Waals surface area contributed by atoms with Crippen molar-refractivity contribution in [1.82, 2.24) is 5.32 Å². The quantitative estimate of drug-likeness (QED) is 0.344. The number of rotatable bonds is 4. The predicted octanol–water partition coefficient (Wildman–Crippen LogP) is 1.06. The summed E-state index contributed by atoms with van der Waals surface area (Å²) in [6, 6.07) is 1.69. The van der Waals surface area contributed by atoms with Gasteiger partial charge in [-0.15, -0.1) is 0 Å². The van der Waals surface area contributed by atoms with Crippen molar-refractivity contribution >= 4 is 11.9 Å². The average molecular weight is 268 g/mol. The summed E-state index contributed by atoms with van der Waals surface area (Å²) in [6.45, 7) is 13.1. The van der Waals surface area contributed by atoms with E-state index in [2.05, 4.69) is 29.8 Å². The van der Waals surface area contributed by atoms with Gasteiger partial charge in [-0.1, -0.05) is 19.7 Å². The van der Waals surface area contributed by atoms with Gasteiger partial charge in [0, 0.05) is 17.7 Å². The molecule has 1 amide bonds. The van der Waals surface area contributed by atoms with E-state index in [0.29, 0.717) is 12.2 Å². The molecule has 0 rings (SSSR count). The number of hydrogen-bond donors (Lipinski definition) is 2. The first-order valence-electron chi connectivity index (χ1n) is 5.25. The molecule has 0 aliphatic carbocycles. The van der Waals surface area contributed by atoms with Crippen molar-refractivity contribution in [2.75, 3.05) is 13.3 Å². The van der Waals surface area contributed by atoms with Crippen LogP contribution in [-0.4, -0.2) is 30.3 Å². The highest BCUT2D eigenvalue weighted by atomic mass is 16.5. The number of esters is 1. The van der Waals surface area contributed by atoms with Crippen LogP contribution in [0, 0.1) is 11.3 Å². The SMILES string of the molecule is C=C(C)C(=O)NCO.C=CC#N.C=CC(=O)OCC. The lowest BCUT2D eigenvalue weighted by Gasteiger charge is -1.96. The number of carbonyl (C=O) groups is 2. The molecule has 6 nitrogen and oxygen atoms in total. The molecule has 106 valence electrons. The van der Waals surface area contributed by atoms with E-state index in [1.165, 1.54) is 6.08 Å². The Labute approximate surface area is 113 Å². The molecule has 0 bridgehead atoms. The van der Waals surface area contributed by atoms with E-state index < -0.39 is 0 Å². The van der Waals surface area contributed by atoms with Crippen LogP contribution in [0.3, 0.4) is 0 Å². The zero-order valence-corrected chi connectivity index (χ0v) is 11.3. The Morgan fingerprint density at radius 3 is 2.05 bits per heavy atom. The van der Waals surface area contributed by atoms with Gasteiger partial charge in [-0.3, -0.25) is 4.79 Å². The Balaban J connectivity index is -0.000000214. The number of carbonyl (C=O) groups excluding carboxylic acids is 2. The van der Waals surface area contributed by atoms with Gasteiger partial charge in [0.25, 0.3) is 0 Å². The number of nitrogens with zero attached hydrogens (tertiary/aromatic N) is 1. The number of ether oxygens (including phenoxy) is 1. The van der Waals surface area contributed by atoms with Crippen molar-refractivity contribution in [3.63, 3.8) is 0 Å². The number of aliphatic hydroxyl groups is 1. The summed E-state index contributed by atoms with van der Waals surface area (Å²) < 4.78 is 4.43. The summed E-state index contributed by atoms with van der Waals surface area (Å²) in [6.07, 6.45) is 2.32. The third kappa shape index (κ3) is 25.7. The number of hydrogen-bond acceptors (Lipinski definition) is 5. The third-order valence-corrected chi connectivity index (χ3v) is 1.17. The van der Waals surface area contributed by atoms with E-state index >= 15 is 0 Å². The standard InChI is InChI=1S/C5H9NO2.C5H8O2.C3H3N/c1-4(2)5(8)6-3-7;1-3-5(6)7-4-2;1-2-3-4/h7H,1,3H2,2H3,(H,6,8);3H,1,4H2,2H3;2H,1H2. The highest BCUT2D eigenvalue weighted by Crippen LogP contribution is 1.82. The van der Waals surface area contributed by atoms with Gasteiger partial charge in [0.2, 0.25) is 5.91 Å². The van der Waals surface area contributed by atoms with Gasteiger partial charge >= 0.3 is 5.97 Å². The maximum absolute atomic E-state index is 10.4. The van der Waals surface area contributed by atoms with Crippen LogP contribution in [0.4, 0.5) is 0 Å². The summed E-state index contributed by atoms with van der Waals surface area (Å²) in [5.41, 5.74) is 0.402. The molecule has 0 saturated heterocycles.